The van der Waals surface area contributed by atoms with E-state index in [1.807, 2.05) is 24.4 Å². The summed E-state index contributed by atoms with van der Waals surface area (Å²) in [5.74, 6) is 5.36. The minimum absolute atomic E-state index is 0.0886. The molecule has 0 saturated carbocycles. The number of aryl methyl sites for hydroxylation is 1. The highest BCUT2D eigenvalue weighted by Gasteiger charge is 2.14. The highest BCUT2D eigenvalue weighted by molar-refractivity contribution is 9.10. The second-order valence-corrected chi connectivity index (χ2v) is 6.03. The number of hydrogen-bond acceptors (Lipinski definition) is 3. The SMILES string of the molecule is Cc1cc(F)cc(C(Cc2sccc2Br)NN)c1. The summed E-state index contributed by atoms with van der Waals surface area (Å²) in [5, 5.41) is 2.02. The van der Waals surface area contributed by atoms with Gasteiger partial charge in [-0.1, -0.05) is 6.07 Å². The van der Waals surface area contributed by atoms with E-state index in [0.29, 0.717) is 0 Å². The van der Waals surface area contributed by atoms with E-state index in [0.717, 1.165) is 22.0 Å². The summed E-state index contributed by atoms with van der Waals surface area (Å²) < 4.78 is 14.5. The quantitative estimate of drug-likeness (QED) is 0.663. The van der Waals surface area contributed by atoms with E-state index in [1.54, 1.807) is 11.3 Å². The first-order valence-corrected chi connectivity index (χ1v) is 7.22. The van der Waals surface area contributed by atoms with Crippen molar-refractivity contribution in [1.82, 2.24) is 5.43 Å². The Morgan fingerprint density at radius 2 is 2.22 bits per heavy atom. The molecule has 0 amide bonds. The summed E-state index contributed by atoms with van der Waals surface area (Å²) in [5.41, 5.74) is 4.53. The van der Waals surface area contributed by atoms with E-state index < -0.39 is 0 Å². The summed E-state index contributed by atoms with van der Waals surface area (Å²) in [6.07, 6.45) is 0.734. The number of hydrogen-bond donors (Lipinski definition) is 2. The largest absolute Gasteiger partial charge is 0.271 e. The van der Waals surface area contributed by atoms with Crippen LogP contribution < -0.4 is 11.3 Å². The summed E-state index contributed by atoms with van der Waals surface area (Å²) in [7, 11) is 0. The van der Waals surface area contributed by atoms with E-state index in [1.165, 1.54) is 17.0 Å². The first-order valence-electron chi connectivity index (χ1n) is 5.55. The van der Waals surface area contributed by atoms with Gasteiger partial charge in [0.05, 0.1) is 6.04 Å². The van der Waals surface area contributed by atoms with Gasteiger partial charge in [0, 0.05) is 15.8 Å². The standard InChI is InChI=1S/C13H14BrFN2S/c1-8-4-9(6-10(15)5-8)12(17-16)7-13-11(14)2-3-18-13/h2-6,12,17H,7,16H2,1H3. The fourth-order valence-corrected chi connectivity index (χ4v) is 3.46. The Kier molecular flexibility index (Phi) is 4.50. The summed E-state index contributed by atoms with van der Waals surface area (Å²) in [6, 6.07) is 6.91. The van der Waals surface area contributed by atoms with Crippen LogP contribution in [-0.4, -0.2) is 0 Å². The maximum atomic E-state index is 13.4. The van der Waals surface area contributed by atoms with Gasteiger partial charge in [0.15, 0.2) is 0 Å². The van der Waals surface area contributed by atoms with E-state index in [-0.39, 0.29) is 11.9 Å². The van der Waals surface area contributed by atoms with Crippen LogP contribution in [0.5, 0.6) is 0 Å². The van der Waals surface area contributed by atoms with Crippen LogP contribution in [0.2, 0.25) is 0 Å². The van der Waals surface area contributed by atoms with Gasteiger partial charge in [0.2, 0.25) is 0 Å². The fraction of sp³-hybridized carbons (Fsp3) is 0.231. The Hall–Kier alpha value is -0.750. The molecule has 0 aliphatic rings. The number of benzene rings is 1. The fourth-order valence-electron chi connectivity index (χ4n) is 1.89. The number of halogens is 2. The van der Waals surface area contributed by atoms with Crippen molar-refractivity contribution in [2.45, 2.75) is 19.4 Å². The lowest BCUT2D eigenvalue weighted by atomic mass is 10.0. The predicted octanol–water partition coefficient (Wildman–Crippen LogP) is 3.71. The molecule has 0 fully saturated rings. The third kappa shape index (κ3) is 3.17. The van der Waals surface area contributed by atoms with Crippen molar-refractivity contribution < 1.29 is 4.39 Å². The molecule has 1 unspecified atom stereocenters. The molecule has 2 rings (SSSR count). The van der Waals surface area contributed by atoms with E-state index >= 15 is 0 Å². The highest BCUT2D eigenvalue weighted by Crippen LogP contribution is 2.28. The van der Waals surface area contributed by atoms with Gasteiger partial charge in [-0.2, -0.15) is 0 Å². The molecule has 0 aliphatic carbocycles. The molecule has 2 nitrogen and oxygen atoms in total. The molecule has 0 bridgehead atoms. The molecule has 0 aliphatic heterocycles. The second-order valence-electron chi connectivity index (χ2n) is 4.18. The van der Waals surface area contributed by atoms with Crippen LogP contribution in [0.1, 0.15) is 22.0 Å². The molecule has 1 aromatic heterocycles. The maximum absolute atomic E-state index is 13.4. The second kappa shape index (κ2) is 5.93. The minimum atomic E-state index is -0.226. The van der Waals surface area contributed by atoms with Crippen LogP contribution in [0.4, 0.5) is 4.39 Å². The average Bonchev–Trinajstić information content (AvgIpc) is 2.70. The monoisotopic (exact) mass is 328 g/mol. The van der Waals surface area contributed by atoms with E-state index in [2.05, 4.69) is 21.4 Å². The molecular formula is C13H14BrFN2S. The molecule has 1 heterocycles. The van der Waals surface area contributed by atoms with Gasteiger partial charge >= 0.3 is 0 Å². The van der Waals surface area contributed by atoms with E-state index in [9.17, 15) is 4.39 Å². The van der Waals surface area contributed by atoms with Crippen LogP contribution in [0.25, 0.3) is 0 Å². The number of nitrogens with one attached hydrogen (secondary N) is 1. The third-order valence-corrected chi connectivity index (χ3v) is 4.70. The molecule has 5 heteroatoms. The Morgan fingerprint density at radius 3 is 2.78 bits per heavy atom. The molecule has 0 radical (unpaired) electrons. The van der Waals surface area contributed by atoms with Crippen molar-refractivity contribution in [3.8, 4) is 0 Å². The third-order valence-electron chi connectivity index (χ3n) is 2.75. The van der Waals surface area contributed by atoms with Crippen LogP contribution >= 0.6 is 27.3 Å². The van der Waals surface area contributed by atoms with Gasteiger partial charge in [-0.3, -0.25) is 11.3 Å². The Morgan fingerprint density at radius 1 is 1.44 bits per heavy atom. The predicted molar refractivity (Wildman–Crippen MR) is 76.9 cm³/mol. The first kappa shape index (κ1) is 13.7. The lowest BCUT2D eigenvalue weighted by molar-refractivity contribution is 0.546. The minimum Gasteiger partial charge on any atom is -0.271 e. The van der Waals surface area contributed by atoms with Crippen molar-refractivity contribution in [3.63, 3.8) is 0 Å². The molecule has 2 aromatic rings. The van der Waals surface area contributed by atoms with Gasteiger partial charge in [-0.15, -0.1) is 11.3 Å². The zero-order valence-corrected chi connectivity index (χ0v) is 12.3. The van der Waals surface area contributed by atoms with Crippen LogP contribution in [0.15, 0.2) is 34.1 Å². The lowest BCUT2D eigenvalue weighted by Gasteiger charge is -2.16. The number of hydrazine groups is 1. The maximum Gasteiger partial charge on any atom is 0.123 e. The summed E-state index contributed by atoms with van der Waals surface area (Å²) in [4.78, 5) is 1.19. The molecule has 0 saturated heterocycles. The van der Waals surface area contributed by atoms with Crippen molar-refractivity contribution in [2.24, 2.45) is 5.84 Å². The van der Waals surface area contributed by atoms with E-state index in [4.69, 9.17) is 5.84 Å². The van der Waals surface area contributed by atoms with Crippen molar-refractivity contribution in [1.29, 1.82) is 0 Å². The van der Waals surface area contributed by atoms with Gasteiger partial charge in [-0.05, 0) is 57.6 Å². The van der Waals surface area contributed by atoms with Gasteiger partial charge in [0.1, 0.15) is 5.82 Å². The molecular weight excluding hydrogens is 315 g/mol. The van der Waals surface area contributed by atoms with Gasteiger partial charge in [0.25, 0.3) is 0 Å². The number of rotatable bonds is 4. The van der Waals surface area contributed by atoms with Crippen LogP contribution in [-0.2, 0) is 6.42 Å². The Balaban J connectivity index is 2.25. The van der Waals surface area contributed by atoms with Gasteiger partial charge in [-0.25, -0.2) is 4.39 Å². The zero-order chi connectivity index (χ0) is 13.1. The number of thiophene rings is 1. The van der Waals surface area contributed by atoms with Crippen LogP contribution in [0, 0.1) is 12.7 Å². The number of nitrogens with two attached hydrogens (primary N) is 1. The first-order chi connectivity index (χ1) is 8.60. The normalized spacial score (nSPS) is 12.7. The summed E-state index contributed by atoms with van der Waals surface area (Å²) >= 11 is 5.15. The topological polar surface area (TPSA) is 38.0 Å². The summed E-state index contributed by atoms with van der Waals surface area (Å²) in [6.45, 7) is 1.88. The zero-order valence-electron chi connectivity index (χ0n) is 9.91. The van der Waals surface area contributed by atoms with Crippen molar-refractivity contribution in [2.75, 3.05) is 0 Å². The molecule has 1 atom stereocenters. The smallest absolute Gasteiger partial charge is 0.123 e. The van der Waals surface area contributed by atoms with Gasteiger partial charge < -0.3 is 0 Å². The molecule has 96 valence electrons. The van der Waals surface area contributed by atoms with Crippen molar-refractivity contribution >= 4 is 27.3 Å². The lowest BCUT2D eigenvalue weighted by Crippen LogP contribution is -2.29. The Bertz CT molecular complexity index is 521. The average molecular weight is 329 g/mol. The molecule has 3 N–H and O–H groups in total. The van der Waals surface area contributed by atoms with Crippen molar-refractivity contribution in [3.05, 3.63) is 55.9 Å². The Labute approximate surface area is 118 Å². The highest BCUT2D eigenvalue weighted by atomic mass is 79.9. The molecule has 1 aromatic carbocycles. The van der Waals surface area contributed by atoms with Crippen LogP contribution in [0.3, 0.4) is 0 Å². The molecule has 18 heavy (non-hydrogen) atoms. The molecule has 0 spiro atoms.